The molecule has 0 saturated carbocycles. The molecule has 2 aromatic rings. The van der Waals surface area contributed by atoms with E-state index in [4.69, 9.17) is 0 Å². The normalized spacial score (nSPS) is 18.2. The molecular weight excluding hydrogens is 318 g/mol. The maximum absolute atomic E-state index is 12.5. The van der Waals surface area contributed by atoms with E-state index in [9.17, 15) is 9.59 Å². The first-order valence-electron chi connectivity index (χ1n) is 8.01. The van der Waals surface area contributed by atoms with Crippen molar-refractivity contribution in [1.82, 2.24) is 15.7 Å². The first-order chi connectivity index (χ1) is 12.1. The first-order valence-corrected chi connectivity index (χ1v) is 8.01. The van der Waals surface area contributed by atoms with E-state index in [1.54, 1.807) is 25.3 Å². The summed E-state index contributed by atoms with van der Waals surface area (Å²) in [6.07, 6.45) is 1.67. The van der Waals surface area contributed by atoms with Crippen LogP contribution in [-0.2, 0) is 9.59 Å². The van der Waals surface area contributed by atoms with Gasteiger partial charge in [0.25, 0.3) is 11.8 Å². The summed E-state index contributed by atoms with van der Waals surface area (Å²) < 4.78 is 0. The molecule has 0 unspecified atom stereocenters. The molecule has 1 aromatic carbocycles. The van der Waals surface area contributed by atoms with Crippen molar-refractivity contribution in [2.75, 3.05) is 5.01 Å². The molecule has 0 radical (unpaired) electrons. The summed E-state index contributed by atoms with van der Waals surface area (Å²) in [7, 11) is 0. The number of carbonyl (C=O) groups excluding carboxylic acids is 2. The molecule has 0 aliphatic carbocycles. The minimum Gasteiger partial charge on any atom is -0.341 e. The van der Waals surface area contributed by atoms with Gasteiger partial charge in [-0.3, -0.25) is 20.0 Å². The number of amidine groups is 1. The van der Waals surface area contributed by atoms with Crippen molar-refractivity contribution in [3.05, 3.63) is 60.4 Å². The Labute approximate surface area is 145 Å². The lowest BCUT2D eigenvalue weighted by Crippen LogP contribution is -2.58. The number of anilines is 1. The Morgan fingerprint density at radius 2 is 1.92 bits per heavy atom. The average molecular weight is 337 g/mol. The molecule has 2 atom stereocenters. The minimum absolute atomic E-state index is 0.0961. The number of amides is 2. The molecular formula is C18H19N5O2. The zero-order chi connectivity index (χ0) is 17.8. The van der Waals surface area contributed by atoms with E-state index in [-0.39, 0.29) is 17.8 Å². The van der Waals surface area contributed by atoms with Crippen LogP contribution in [0.4, 0.5) is 5.69 Å². The molecule has 3 rings (SSSR count). The lowest BCUT2D eigenvalue weighted by Gasteiger charge is -2.30. The molecule has 7 heteroatoms. The quantitative estimate of drug-likeness (QED) is 0.887. The first kappa shape index (κ1) is 16.6. The minimum atomic E-state index is -0.646. The van der Waals surface area contributed by atoms with Crippen molar-refractivity contribution in [2.45, 2.75) is 25.9 Å². The lowest BCUT2D eigenvalue weighted by atomic mass is 10.2. The molecule has 7 nitrogen and oxygen atoms in total. The van der Waals surface area contributed by atoms with Gasteiger partial charge in [-0.25, -0.2) is 10.0 Å². The number of benzene rings is 1. The number of nitrogens with one attached hydrogen (secondary N) is 2. The molecule has 2 heterocycles. The Hall–Kier alpha value is -3.22. The van der Waals surface area contributed by atoms with Crippen molar-refractivity contribution < 1.29 is 9.59 Å². The predicted octanol–water partition coefficient (Wildman–Crippen LogP) is 1.60. The van der Waals surface area contributed by atoms with Crippen molar-refractivity contribution in [3.8, 4) is 0 Å². The van der Waals surface area contributed by atoms with Crippen LogP contribution in [0.15, 0.2) is 59.7 Å². The summed E-state index contributed by atoms with van der Waals surface area (Å²) in [5, 5.41) is 4.19. The van der Waals surface area contributed by atoms with Crippen molar-refractivity contribution >= 4 is 23.3 Å². The van der Waals surface area contributed by atoms with Gasteiger partial charge in [-0.1, -0.05) is 24.3 Å². The summed E-state index contributed by atoms with van der Waals surface area (Å²) in [6.45, 7) is 3.50. The highest BCUT2D eigenvalue weighted by molar-refractivity contribution is 6.39. The predicted molar refractivity (Wildman–Crippen MR) is 94.8 cm³/mol. The number of pyridine rings is 1. The van der Waals surface area contributed by atoms with Gasteiger partial charge in [-0.2, -0.15) is 0 Å². The Kier molecular flexibility index (Phi) is 4.74. The summed E-state index contributed by atoms with van der Waals surface area (Å²) in [5.41, 5.74) is 4.20. The maximum atomic E-state index is 12.5. The van der Waals surface area contributed by atoms with Crippen LogP contribution in [0.2, 0.25) is 0 Å². The van der Waals surface area contributed by atoms with Gasteiger partial charge in [0.2, 0.25) is 5.84 Å². The summed E-state index contributed by atoms with van der Waals surface area (Å²) in [4.78, 5) is 33.3. The molecule has 0 bridgehead atoms. The number of aromatic nitrogens is 1. The average Bonchev–Trinajstić information content (AvgIpc) is 2.65. The van der Waals surface area contributed by atoms with Crippen molar-refractivity contribution in [2.24, 2.45) is 4.99 Å². The molecule has 0 saturated heterocycles. The van der Waals surface area contributed by atoms with Crippen LogP contribution in [0.25, 0.3) is 0 Å². The van der Waals surface area contributed by atoms with E-state index >= 15 is 0 Å². The summed E-state index contributed by atoms with van der Waals surface area (Å²) in [5.74, 6) is -0.516. The molecule has 1 aliphatic heterocycles. The second-order valence-corrected chi connectivity index (χ2v) is 5.72. The van der Waals surface area contributed by atoms with E-state index in [2.05, 4.69) is 20.7 Å². The van der Waals surface area contributed by atoms with Crippen LogP contribution in [0.5, 0.6) is 0 Å². The van der Waals surface area contributed by atoms with Gasteiger partial charge in [-0.15, -0.1) is 0 Å². The van der Waals surface area contributed by atoms with Crippen LogP contribution >= 0.6 is 0 Å². The van der Waals surface area contributed by atoms with Gasteiger partial charge in [0.1, 0.15) is 6.04 Å². The zero-order valence-corrected chi connectivity index (χ0v) is 14.0. The van der Waals surface area contributed by atoms with E-state index in [1.165, 1.54) is 5.01 Å². The maximum Gasteiger partial charge on any atom is 0.288 e. The Morgan fingerprint density at radius 3 is 2.60 bits per heavy atom. The summed E-state index contributed by atoms with van der Waals surface area (Å²) in [6, 6.07) is 13.7. The van der Waals surface area contributed by atoms with E-state index in [0.29, 0.717) is 5.69 Å². The van der Waals surface area contributed by atoms with Crippen LogP contribution < -0.4 is 15.8 Å². The van der Waals surface area contributed by atoms with E-state index in [0.717, 1.165) is 5.69 Å². The highest BCUT2D eigenvalue weighted by atomic mass is 16.2. The topological polar surface area (TPSA) is 86.7 Å². The molecule has 0 spiro atoms. The smallest absolute Gasteiger partial charge is 0.288 e. The molecule has 2 N–H and O–H groups in total. The van der Waals surface area contributed by atoms with Gasteiger partial charge >= 0.3 is 0 Å². The van der Waals surface area contributed by atoms with Gasteiger partial charge < -0.3 is 5.32 Å². The van der Waals surface area contributed by atoms with Crippen LogP contribution in [0.1, 0.15) is 25.6 Å². The molecule has 128 valence electrons. The van der Waals surface area contributed by atoms with Gasteiger partial charge in [0.15, 0.2) is 0 Å². The van der Waals surface area contributed by atoms with E-state index < -0.39 is 11.9 Å². The number of hydrogen-bond donors (Lipinski definition) is 2. The molecule has 25 heavy (non-hydrogen) atoms. The fraction of sp³-hybridized carbons (Fsp3) is 0.222. The Morgan fingerprint density at radius 1 is 1.20 bits per heavy atom. The number of rotatable bonds is 4. The number of para-hydroxylation sites is 1. The third-order valence-electron chi connectivity index (χ3n) is 3.83. The molecule has 0 fully saturated rings. The largest absolute Gasteiger partial charge is 0.341 e. The Balaban J connectivity index is 1.76. The molecule has 2 amide bonds. The van der Waals surface area contributed by atoms with Crippen LogP contribution in [0.3, 0.4) is 0 Å². The fourth-order valence-corrected chi connectivity index (χ4v) is 2.47. The third-order valence-corrected chi connectivity index (χ3v) is 3.83. The van der Waals surface area contributed by atoms with Crippen molar-refractivity contribution in [1.29, 1.82) is 0 Å². The lowest BCUT2D eigenvalue weighted by molar-refractivity contribution is -0.120. The second-order valence-electron chi connectivity index (χ2n) is 5.72. The highest BCUT2D eigenvalue weighted by Crippen LogP contribution is 2.16. The number of aliphatic imine (C=N–C) groups is 1. The number of nitrogens with zero attached hydrogens (tertiary/aromatic N) is 3. The monoisotopic (exact) mass is 337 g/mol. The van der Waals surface area contributed by atoms with Gasteiger partial charge in [-0.05, 0) is 38.1 Å². The summed E-state index contributed by atoms with van der Waals surface area (Å²) >= 11 is 0. The SMILES string of the molecule is C[C@H](NC(=O)C1=N[C@H](C)C(=O)N(c2ccccc2)N1)c1ccccn1. The van der Waals surface area contributed by atoms with Crippen LogP contribution in [0, 0.1) is 0 Å². The number of carbonyl (C=O) groups is 2. The van der Waals surface area contributed by atoms with Crippen LogP contribution in [-0.4, -0.2) is 28.7 Å². The Bertz CT molecular complexity index is 792. The molecule has 1 aromatic heterocycles. The fourth-order valence-electron chi connectivity index (χ4n) is 2.47. The standard InChI is InChI=1S/C18H19N5O2/c1-12(15-10-6-7-11-19-15)21-17(24)16-20-13(2)18(25)23(22-16)14-8-4-3-5-9-14/h3-13H,1-2H3,(H,20,22)(H,21,24)/t12-,13+/m0/s1. The number of hydrazine groups is 1. The third kappa shape index (κ3) is 3.65. The second kappa shape index (κ2) is 7.12. The highest BCUT2D eigenvalue weighted by Gasteiger charge is 2.31. The number of hydrogen-bond acceptors (Lipinski definition) is 5. The molecule has 1 aliphatic rings. The van der Waals surface area contributed by atoms with E-state index in [1.807, 2.05) is 43.3 Å². The van der Waals surface area contributed by atoms with Gasteiger partial charge in [0.05, 0.1) is 17.4 Å². The van der Waals surface area contributed by atoms with Crippen molar-refractivity contribution in [3.63, 3.8) is 0 Å². The van der Waals surface area contributed by atoms with Gasteiger partial charge in [0, 0.05) is 6.20 Å². The zero-order valence-electron chi connectivity index (χ0n) is 14.0.